The summed E-state index contributed by atoms with van der Waals surface area (Å²) < 4.78 is 0. The van der Waals surface area contributed by atoms with Crippen molar-refractivity contribution in [2.24, 2.45) is 0 Å². The lowest BCUT2D eigenvalue weighted by atomic mass is 10.0. The van der Waals surface area contributed by atoms with Gasteiger partial charge in [0.05, 0.1) is 5.52 Å². The predicted molar refractivity (Wildman–Crippen MR) is 104 cm³/mol. The summed E-state index contributed by atoms with van der Waals surface area (Å²) in [6.07, 6.45) is 7.39. The van der Waals surface area contributed by atoms with Crippen LogP contribution in [0, 0.1) is 0 Å². The normalized spacial score (nSPS) is 14.6. The van der Waals surface area contributed by atoms with Crippen molar-refractivity contribution in [2.45, 2.75) is 52.4 Å². The number of aromatic nitrogens is 1. The van der Waals surface area contributed by atoms with Gasteiger partial charge in [0.25, 0.3) is 0 Å². The third-order valence-corrected chi connectivity index (χ3v) is 5.27. The first-order chi connectivity index (χ1) is 11.8. The van der Waals surface area contributed by atoms with Crippen LogP contribution in [0.5, 0.6) is 0 Å². The minimum Gasteiger partial charge on any atom is -0.384 e. The van der Waals surface area contributed by atoms with Gasteiger partial charge >= 0.3 is 0 Å². The Morgan fingerprint density at radius 3 is 2.67 bits per heavy atom. The Hall–Kier alpha value is -1.61. The van der Waals surface area contributed by atoms with Crippen LogP contribution in [0.1, 0.15) is 50.8 Å². The molecule has 3 rings (SSSR count). The highest BCUT2D eigenvalue weighted by molar-refractivity contribution is 5.93. The second-order valence-electron chi connectivity index (χ2n) is 6.80. The third kappa shape index (κ3) is 3.89. The van der Waals surface area contributed by atoms with Crippen molar-refractivity contribution < 1.29 is 0 Å². The molecule has 1 heterocycles. The molecule has 1 aliphatic rings. The summed E-state index contributed by atoms with van der Waals surface area (Å²) in [5.41, 5.74) is 5.31. The van der Waals surface area contributed by atoms with Crippen LogP contribution in [0.3, 0.4) is 0 Å². The highest BCUT2D eigenvalue weighted by Crippen LogP contribution is 2.32. The first kappa shape index (κ1) is 17.2. The molecule has 0 aliphatic heterocycles. The molecule has 0 radical (unpaired) electrons. The zero-order valence-electron chi connectivity index (χ0n) is 15.3. The van der Waals surface area contributed by atoms with Crippen LogP contribution >= 0.6 is 0 Å². The molecule has 2 aromatic rings. The number of aryl methyl sites for hydroxylation is 1. The summed E-state index contributed by atoms with van der Waals surface area (Å²) in [6, 6.07) is 8.61. The summed E-state index contributed by atoms with van der Waals surface area (Å²) in [4.78, 5) is 7.46. The van der Waals surface area contributed by atoms with Gasteiger partial charge < -0.3 is 10.2 Å². The standard InChI is InChI=1S/C21H31N3/c1-3-24(4-2)16-10-15-22-21-17-11-6-5-7-13-19(17)23-20-14-9-8-12-18(20)21/h8-9,12,14H,3-7,10-11,13,15-16H2,1-2H3,(H,22,23). The van der Waals surface area contributed by atoms with E-state index in [1.165, 1.54) is 61.0 Å². The molecule has 0 spiro atoms. The average Bonchev–Trinajstić information content (AvgIpc) is 2.86. The van der Waals surface area contributed by atoms with Crippen molar-refractivity contribution in [1.82, 2.24) is 9.88 Å². The fraction of sp³-hybridized carbons (Fsp3) is 0.571. The minimum absolute atomic E-state index is 1.04. The van der Waals surface area contributed by atoms with Crippen molar-refractivity contribution >= 4 is 16.6 Å². The van der Waals surface area contributed by atoms with Gasteiger partial charge in [-0.15, -0.1) is 0 Å². The van der Waals surface area contributed by atoms with E-state index in [0.29, 0.717) is 0 Å². The molecule has 1 aliphatic carbocycles. The van der Waals surface area contributed by atoms with Crippen molar-refractivity contribution in [1.29, 1.82) is 0 Å². The highest BCUT2D eigenvalue weighted by atomic mass is 15.1. The number of para-hydroxylation sites is 1. The van der Waals surface area contributed by atoms with E-state index in [1.807, 2.05) is 0 Å². The van der Waals surface area contributed by atoms with Gasteiger partial charge in [0.15, 0.2) is 0 Å². The van der Waals surface area contributed by atoms with Gasteiger partial charge in [-0.25, -0.2) is 0 Å². The molecule has 0 bridgehead atoms. The predicted octanol–water partition coefficient (Wildman–Crippen LogP) is 4.65. The number of fused-ring (bicyclic) bond motifs is 2. The molecule has 1 N–H and O–H groups in total. The fourth-order valence-electron chi connectivity index (χ4n) is 3.81. The lowest BCUT2D eigenvalue weighted by molar-refractivity contribution is 0.303. The Labute approximate surface area is 146 Å². The van der Waals surface area contributed by atoms with Crippen LogP contribution in [0.25, 0.3) is 10.9 Å². The summed E-state index contributed by atoms with van der Waals surface area (Å²) >= 11 is 0. The Balaban J connectivity index is 1.81. The molecule has 130 valence electrons. The number of nitrogens with one attached hydrogen (secondary N) is 1. The lowest BCUT2D eigenvalue weighted by Gasteiger charge is -2.20. The van der Waals surface area contributed by atoms with Crippen molar-refractivity contribution in [3.05, 3.63) is 35.5 Å². The van der Waals surface area contributed by atoms with Gasteiger partial charge in [-0.1, -0.05) is 38.5 Å². The van der Waals surface area contributed by atoms with E-state index in [2.05, 4.69) is 48.3 Å². The van der Waals surface area contributed by atoms with Crippen LogP contribution in [-0.2, 0) is 12.8 Å². The number of benzene rings is 1. The first-order valence-corrected chi connectivity index (χ1v) is 9.70. The maximum absolute atomic E-state index is 4.97. The summed E-state index contributed by atoms with van der Waals surface area (Å²) in [5, 5.41) is 5.07. The van der Waals surface area contributed by atoms with Crippen LogP contribution in [0.15, 0.2) is 24.3 Å². The molecule has 0 unspecified atom stereocenters. The summed E-state index contributed by atoms with van der Waals surface area (Å²) in [5.74, 6) is 0. The molecule has 0 amide bonds. The third-order valence-electron chi connectivity index (χ3n) is 5.27. The Kier molecular flexibility index (Phi) is 6.08. The number of hydrogen-bond donors (Lipinski definition) is 1. The zero-order valence-corrected chi connectivity index (χ0v) is 15.3. The molecular formula is C21H31N3. The number of nitrogens with zero attached hydrogens (tertiary/aromatic N) is 2. The van der Waals surface area contributed by atoms with E-state index in [9.17, 15) is 0 Å². The largest absolute Gasteiger partial charge is 0.384 e. The molecule has 3 heteroatoms. The van der Waals surface area contributed by atoms with Gasteiger partial charge in [-0.3, -0.25) is 4.98 Å². The molecule has 3 nitrogen and oxygen atoms in total. The quantitative estimate of drug-likeness (QED) is 0.593. The molecular weight excluding hydrogens is 294 g/mol. The maximum atomic E-state index is 4.97. The van der Waals surface area contributed by atoms with Gasteiger partial charge in [0, 0.05) is 23.3 Å². The van der Waals surface area contributed by atoms with Gasteiger partial charge in [0.1, 0.15) is 0 Å². The molecule has 0 saturated carbocycles. The number of pyridine rings is 1. The molecule has 0 saturated heterocycles. The molecule has 1 aromatic heterocycles. The Bertz CT molecular complexity index is 661. The number of hydrogen-bond acceptors (Lipinski definition) is 3. The van der Waals surface area contributed by atoms with E-state index >= 15 is 0 Å². The van der Waals surface area contributed by atoms with Crippen molar-refractivity contribution in [3.8, 4) is 0 Å². The fourth-order valence-corrected chi connectivity index (χ4v) is 3.81. The summed E-state index contributed by atoms with van der Waals surface area (Å²) in [6.45, 7) is 8.98. The van der Waals surface area contributed by atoms with Gasteiger partial charge in [0.2, 0.25) is 0 Å². The van der Waals surface area contributed by atoms with E-state index < -0.39 is 0 Å². The van der Waals surface area contributed by atoms with E-state index in [0.717, 1.165) is 31.6 Å². The number of rotatable bonds is 7. The van der Waals surface area contributed by atoms with Gasteiger partial charge in [-0.05, 0) is 63.4 Å². The van der Waals surface area contributed by atoms with Crippen LogP contribution in [-0.4, -0.2) is 36.1 Å². The maximum Gasteiger partial charge on any atom is 0.0726 e. The summed E-state index contributed by atoms with van der Waals surface area (Å²) in [7, 11) is 0. The zero-order chi connectivity index (χ0) is 16.8. The van der Waals surface area contributed by atoms with Crippen LogP contribution in [0.4, 0.5) is 5.69 Å². The lowest BCUT2D eigenvalue weighted by Crippen LogP contribution is -2.25. The van der Waals surface area contributed by atoms with Crippen LogP contribution in [0.2, 0.25) is 0 Å². The second kappa shape index (κ2) is 8.48. The molecule has 0 fully saturated rings. The van der Waals surface area contributed by atoms with Crippen molar-refractivity contribution in [2.75, 3.05) is 31.5 Å². The Morgan fingerprint density at radius 2 is 1.83 bits per heavy atom. The monoisotopic (exact) mass is 325 g/mol. The molecule has 24 heavy (non-hydrogen) atoms. The van der Waals surface area contributed by atoms with Gasteiger partial charge in [-0.2, -0.15) is 0 Å². The average molecular weight is 326 g/mol. The Morgan fingerprint density at radius 1 is 1.04 bits per heavy atom. The molecule has 0 atom stereocenters. The van der Waals surface area contributed by atoms with E-state index in [4.69, 9.17) is 4.98 Å². The highest BCUT2D eigenvalue weighted by Gasteiger charge is 2.16. The number of anilines is 1. The SMILES string of the molecule is CCN(CC)CCCNc1c2c(nc3ccccc13)CCCCC2. The minimum atomic E-state index is 1.04. The van der Waals surface area contributed by atoms with E-state index in [-0.39, 0.29) is 0 Å². The molecule has 1 aromatic carbocycles. The smallest absolute Gasteiger partial charge is 0.0726 e. The van der Waals surface area contributed by atoms with E-state index in [1.54, 1.807) is 0 Å². The van der Waals surface area contributed by atoms with Crippen molar-refractivity contribution in [3.63, 3.8) is 0 Å². The topological polar surface area (TPSA) is 28.2 Å². The first-order valence-electron chi connectivity index (χ1n) is 9.70. The second-order valence-corrected chi connectivity index (χ2v) is 6.80. The van der Waals surface area contributed by atoms with Crippen LogP contribution < -0.4 is 5.32 Å².